The molecule has 0 heterocycles. The number of fused-ring (bicyclic) bond motifs is 1. The molecule has 2 atom stereocenters. The zero-order chi connectivity index (χ0) is 23.4. The quantitative estimate of drug-likeness (QED) is 0.645. The summed E-state index contributed by atoms with van der Waals surface area (Å²) in [5.41, 5.74) is 1.08. The SMILES string of the molecule is CCC(C)(O)C(=O)c1ccc2c(c1)C(C)(c1ccc(C(=O)C(C)(C)O)cc1)CC2(C)C. The number of carbonyl (C=O) groups excluding carboxylic acids is 2. The van der Waals surface area contributed by atoms with Crippen molar-refractivity contribution < 1.29 is 19.8 Å². The van der Waals surface area contributed by atoms with E-state index in [1.807, 2.05) is 30.3 Å². The molecule has 4 heteroatoms. The van der Waals surface area contributed by atoms with E-state index in [0.29, 0.717) is 17.5 Å². The minimum atomic E-state index is -1.42. The number of benzene rings is 2. The number of rotatable bonds is 6. The Morgan fingerprint density at radius 2 is 1.42 bits per heavy atom. The second-order valence-corrected chi connectivity index (χ2v) is 10.6. The van der Waals surface area contributed by atoms with Gasteiger partial charge in [-0.25, -0.2) is 0 Å². The van der Waals surface area contributed by atoms with Gasteiger partial charge in [0.1, 0.15) is 11.2 Å². The van der Waals surface area contributed by atoms with Crippen LogP contribution in [0.4, 0.5) is 0 Å². The second kappa shape index (κ2) is 7.39. The molecule has 3 rings (SSSR count). The van der Waals surface area contributed by atoms with Crippen LogP contribution >= 0.6 is 0 Å². The van der Waals surface area contributed by atoms with Crippen molar-refractivity contribution in [3.8, 4) is 0 Å². The molecular weight excluding hydrogens is 388 g/mol. The van der Waals surface area contributed by atoms with Gasteiger partial charge in [0.05, 0.1) is 0 Å². The summed E-state index contributed by atoms with van der Waals surface area (Å²) in [6.07, 6.45) is 1.21. The number of ketones is 2. The third-order valence-corrected chi connectivity index (χ3v) is 6.92. The first-order chi connectivity index (χ1) is 14.1. The summed E-state index contributed by atoms with van der Waals surface area (Å²) in [7, 11) is 0. The van der Waals surface area contributed by atoms with Gasteiger partial charge in [0.2, 0.25) is 0 Å². The molecule has 2 unspecified atom stereocenters. The molecule has 0 aliphatic heterocycles. The van der Waals surface area contributed by atoms with E-state index in [1.165, 1.54) is 19.4 Å². The Bertz CT molecular complexity index is 1020. The highest BCUT2D eigenvalue weighted by atomic mass is 16.3. The fourth-order valence-electron chi connectivity index (χ4n) is 4.88. The van der Waals surface area contributed by atoms with Crippen LogP contribution in [0.15, 0.2) is 42.5 Å². The number of aliphatic hydroxyl groups is 2. The van der Waals surface area contributed by atoms with E-state index in [-0.39, 0.29) is 22.4 Å². The normalized spacial score (nSPS) is 22.0. The van der Waals surface area contributed by atoms with Crippen LogP contribution in [0.1, 0.15) is 98.7 Å². The molecule has 2 N–H and O–H groups in total. The molecular formula is C27H34O4. The van der Waals surface area contributed by atoms with Crippen molar-refractivity contribution in [3.05, 3.63) is 70.3 Å². The van der Waals surface area contributed by atoms with Crippen molar-refractivity contribution in [2.75, 3.05) is 0 Å². The van der Waals surface area contributed by atoms with Gasteiger partial charge in [-0.1, -0.05) is 64.1 Å². The van der Waals surface area contributed by atoms with Gasteiger partial charge in [0.15, 0.2) is 11.6 Å². The minimum Gasteiger partial charge on any atom is -0.382 e. The third kappa shape index (κ3) is 3.99. The predicted molar refractivity (Wildman–Crippen MR) is 123 cm³/mol. The zero-order valence-electron chi connectivity index (χ0n) is 19.7. The van der Waals surface area contributed by atoms with Gasteiger partial charge in [0, 0.05) is 16.5 Å². The Morgan fingerprint density at radius 1 is 0.871 bits per heavy atom. The standard InChI is InChI=1S/C27H34O4/c1-8-27(7,31)23(29)18-11-14-20-21(15-18)26(6,16-24(20,2)3)19-12-9-17(10-13-19)22(28)25(4,5)30/h9-15,30-31H,8,16H2,1-7H3. The van der Waals surface area contributed by atoms with Crippen LogP contribution < -0.4 is 0 Å². The summed E-state index contributed by atoms with van der Waals surface area (Å²) in [5.74, 6) is -0.581. The predicted octanol–water partition coefficient (Wildman–Crippen LogP) is 4.97. The lowest BCUT2D eigenvalue weighted by Crippen LogP contribution is -2.34. The topological polar surface area (TPSA) is 74.6 Å². The van der Waals surface area contributed by atoms with E-state index in [1.54, 1.807) is 26.0 Å². The van der Waals surface area contributed by atoms with E-state index in [4.69, 9.17) is 0 Å². The van der Waals surface area contributed by atoms with E-state index >= 15 is 0 Å². The maximum atomic E-state index is 12.9. The summed E-state index contributed by atoms with van der Waals surface area (Å²) in [4.78, 5) is 25.3. The van der Waals surface area contributed by atoms with E-state index in [0.717, 1.165) is 17.5 Å². The molecule has 1 aliphatic carbocycles. The van der Waals surface area contributed by atoms with Crippen LogP contribution in [-0.2, 0) is 10.8 Å². The first-order valence-corrected chi connectivity index (χ1v) is 10.9. The molecule has 4 nitrogen and oxygen atoms in total. The van der Waals surface area contributed by atoms with Crippen molar-refractivity contribution in [2.45, 2.75) is 83.3 Å². The minimum absolute atomic E-state index is 0.0828. The van der Waals surface area contributed by atoms with Gasteiger partial charge in [-0.05, 0) is 61.8 Å². The molecule has 0 saturated heterocycles. The molecule has 31 heavy (non-hydrogen) atoms. The Balaban J connectivity index is 2.09. The van der Waals surface area contributed by atoms with Crippen LogP contribution in [-0.4, -0.2) is 33.0 Å². The average molecular weight is 423 g/mol. The summed E-state index contributed by atoms with van der Waals surface area (Å²) < 4.78 is 0. The largest absolute Gasteiger partial charge is 0.382 e. The monoisotopic (exact) mass is 422 g/mol. The first-order valence-electron chi connectivity index (χ1n) is 10.9. The third-order valence-electron chi connectivity index (χ3n) is 6.92. The molecule has 0 amide bonds. The molecule has 166 valence electrons. The Morgan fingerprint density at radius 3 is 1.94 bits per heavy atom. The van der Waals surface area contributed by atoms with Crippen molar-refractivity contribution in [1.82, 2.24) is 0 Å². The molecule has 1 aliphatic rings. The first kappa shape index (κ1) is 23.4. The summed E-state index contributed by atoms with van der Waals surface area (Å²) in [6.45, 7) is 12.9. The Hall–Kier alpha value is -2.30. The Labute approximate surface area is 185 Å². The van der Waals surface area contributed by atoms with Crippen molar-refractivity contribution in [2.24, 2.45) is 0 Å². The number of carbonyl (C=O) groups is 2. The Kier molecular flexibility index (Phi) is 5.57. The van der Waals surface area contributed by atoms with Crippen LogP contribution in [0.5, 0.6) is 0 Å². The summed E-state index contributed by atoms with van der Waals surface area (Å²) in [6, 6.07) is 13.2. The van der Waals surface area contributed by atoms with Gasteiger partial charge in [-0.15, -0.1) is 0 Å². The number of hydrogen-bond acceptors (Lipinski definition) is 4. The fourth-order valence-corrected chi connectivity index (χ4v) is 4.88. The van der Waals surface area contributed by atoms with Crippen LogP contribution in [0.2, 0.25) is 0 Å². The maximum absolute atomic E-state index is 12.9. The van der Waals surface area contributed by atoms with Gasteiger partial charge in [-0.3, -0.25) is 9.59 Å². The number of Topliss-reactive ketones (excluding diaryl/α,β-unsaturated/α-hetero) is 2. The smallest absolute Gasteiger partial charge is 0.194 e. The zero-order valence-corrected chi connectivity index (χ0v) is 19.7. The highest BCUT2D eigenvalue weighted by molar-refractivity contribution is 6.02. The fraction of sp³-hybridized carbons (Fsp3) is 0.481. The van der Waals surface area contributed by atoms with E-state index in [9.17, 15) is 19.8 Å². The van der Waals surface area contributed by atoms with Crippen LogP contribution in [0, 0.1) is 0 Å². The lowest BCUT2D eigenvalue weighted by atomic mass is 9.74. The maximum Gasteiger partial charge on any atom is 0.194 e. The van der Waals surface area contributed by atoms with Crippen molar-refractivity contribution >= 4 is 11.6 Å². The molecule has 0 aromatic heterocycles. The lowest BCUT2D eigenvalue weighted by Gasteiger charge is -2.29. The number of hydrogen-bond donors (Lipinski definition) is 2. The molecule has 2 aromatic carbocycles. The molecule has 0 spiro atoms. The molecule has 0 saturated carbocycles. The summed E-state index contributed by atoms with van der Waals surface area (Å²) in [5, 5.41) is 20.5. The van der Waals surface area contributed by atoms with Crippen LogP contribution in [0.3, 0.4) is 0 Å². The van der Waals surface area contributed by atoms with Crippen molar-refractivity contribution in [3.63, 3.8) is 0 Å². The van der Waals surface area contributed by atoms with Gasteiger partial charge >= 0.3 is 0 Å². The van der Waals surface area contributed by atoms with E-state index < -0.39 is 11.2 Å². The van der Waals surface area contributed by atoms with E-state index in [2.05, 4.69) is 20.8 Å². The second-order valence-electron chi connectivity index (χ2n) is 10.6. The van der Waals surface area contributed by atoms with Gasteiger partial charge in [0.25, 0.3) is 0 Å². The van der Waals surface area contributed by atoms with Crippen molar-refractivity contribution in [1.29, 1.82) is 0 Å². The van der Waals surface area contributed by atoms with Crippen LogP contribution in [0.25, 0.3) is 0 Å². The molecule has 0 fully saturated rings. The molecule has 0 radical (unpaired) electrons. The van der Waals surface area contributed by atoms with Gasteiger partial charge < -0.3 is 10.2 Å². The molecule has 2 aromatic rings. The van der Waals surface area contributed by atoms with Gasteiger partial charge in [-0.2, -0.15) is 0 Å². The highest BCUT2D eigenvalue weighted by Crippen LogP contribution is 2.53. The molecule has 0 bridgehead atoms. The summed E-state index contributed by atoms with van der Waals surface area (Å²) >= 11 is 0. The average Bonchev–Trinajstić information content (AvgIpc) is 2.92. The lowest BCUT2D eigenvalue weighted by molar-refractivity contribution is 0.0390. The highest BCUT2D eigenvalue weighted by Gasteiger charge is 2.46.